The van der Waals surface area contributed by atoms with E-state index in [-0.39, 0.29) is 55.6 Å². The average molecular weight is 438 g/mol. The fraction of sp³-hybridized carbons (Fsp3) is 0.471. The number of benzene rings is 1. The minimum Gasteiger partial charge on any atom is -0.346 e. The SMILES string of the molecule is CC(C(=O)Nc1cccc(F)c1)N1CCN(C(=O)CNC(=O)CN)CC1.Cl.Cl. The van der Waals surface area contributed by atoms with E-state index in [0.29, 0.717) is 31.9 Å². The van der Waals surface area contributed by atoms with E-state index in [1.54, 1.807) is 17.9 Å². The van der Waals surface area contributed by atoms with E-state index in [1.165, 1.54) is 18.2 Å². The van der Waals surface area contributed by atoms with Crippen molar-refractivity contribution in [3.05, 3.63) is 30.1 Å². The molecular formula is C17H26Cl2FN5O3. The fourth-order valence-corrected chi connectivity index (χ4v) is 2.70. The molecule has 1 saturated heterocycles. The Morgan fingerprint density at radius 3 is 2.39 bits per heavy atom. The van der Waals surface area contributed by atoms with E-state index >= 15 is 0 Å². The normalized spacial score (nSPS) is 14.9. The van der Waals surface area contributed by atoms with Crippen LogP contribution in [0.4, 0.5) is 10.1 Å². The third-order valence-electron chi connectivity index (χ3n) is 4.31. The molecule has 158 valence electrons. The van der Waals surface area contributed by atoms with Gasteiger partial charge in [0, 0.05) is 31.9 Å². The standard InChI is InChI=1S/C17H24FN5O3.2ClH/c1-12(17(26)21-14-4-2-3-13(18)9-14)22-5-7-23(8-6-22)16(25)11-20-15(24)10-19;;/h2-4,9,12H,5-8,10-11,19H2,1H3,(H,20,24)(H,21,26);2*1H. The van der Waals surface area contributed by atoms with E-state index in [0.717, 1.165) is 0 Å². The van der Waals surface area contributed by atoms with Crippen molar-refractivity contribution in [2.24, 2.45) is 5.73 Å². The van der Waals surface area contributed by atoms with Gasteiger partial charge in [-0.15, -0.1) is 24.8 Å². The Balaban J connectivity index is 0.00000364. The Bertz CT molecular complexity index is 672. The van der Waals surface area contributed by atoms with Gasteiger partial charge in [-0.3, -0.25) is 19.3 Å². The van der Waals surface area contributed by atoms with Gasteiger partial charge in [0.1, 0.15) is 5.82 Å². The monoisotopic (exact) mass is 437 g/mol. The fourth-order valence-electron chi connectivity index (χ4n) is 2.70. The van der Waals surface area contributed by atoms with Crippen LogP contribution in [0, 0.1) is 5.82 Å². The second kappa shape index (κ2) is 12.5. The lowest BCUT2D eigenvalue weighted by molar-refractivity contribution is -0.134. The van der Waals surface area contributed by atoms with Gasteiger partial charge in [-0.05, 0) is 25.1 Å². The van der Waals surface area contributed by atoms with Crippen molar-refractivity contribution >= 4 is 48.2 Å². The molecule has 3 amide bonds. The number of carbonyl (C=O) groups is 3. The van der Waals surface area contributed by atoms with Crippen molar-refractivity contribution in [1.82, 2.24) is 15.1 Å². The summed E-state index contributed by atoms with van der Waals surface area (Å²) in [7, 11) is 0. The molecule has 2 rings (SSSR count). The van der Waals surface area contributed by atoms with Gasteiger partial charge >= 0.3 is 0 Å². The molecule has 11 heteroatoms. The molecule has 1 aromatic carbocycles. The van der Waals surface area contributed by atoms with Gasteiger partial charge in [-0.25, -0.2) is 4.39 Å². The number of amides is 3. The molecule has 28 heavy (non-hydrogen) atoms. The Hall–Kier alpha value is -1.94. The first kappa shape index (κ1) is 26.1. The van der Waals surface area contributed by atoms with E-state index < -0.39 is 11.9 Å². The van der Waals surface area contributed by atoms with Gasteiger partial charge < -0.3 is 21.3 Å². The highest BCUT2D eigenvalue weighted by molar-refractivity contribution is 5.94. The molecule has 1 heterocycles. The van der Waals surface area contributed by atoms with Gasteiger partial charge in [0.15, 0.2) is 0 Å². The summed E-state index contributed by atoms with van der Waals surface area (Å²) in [4.78, 5) is 39.1. The lowest BCUT2D eigenvalue weighted by Gasteiger charge is -2.37. The van der Waals surface area contributed by atoms with Gasteiger partial charge in [-0.2, -0.15) is 0 Å². The molecule has 1 fully saturated rings. The zero-order chi connectivity index (χ0) is 19.1. The molecule has 0 aliphatic carbocycles. The molecule has 1 atom stereocenters. The van der Waals surface area contributed by atoms with Crippen molar-refractivity contribution in [2.45, 2.75) is 13.0 Å². The first-order chi connectivity index (χ1) is 12.4. The van der Waals surface area contributed by atoms with Gasteiger partial charge in [0.2, 0.25) is 17.7 Å². The summed E-state index contributed by atoms with van der Waals surface area (Å²) >= 11 is 0. The first-order valence-electron chi connectivity index (χ1n) is 8.45. The van der Waals surface area contributed by atoms with Crippen LogP contribution in [0.5, 0.6) is 0 Å². The molecule has 1 aromatic rings. The molecule has 8 nitrogen and oxygen atoms in total. The summed E-state index contributed by atoms with van der Waals surface area (Å²) in [6.45, 7) is 3.55. The van der Waals surface area contributed by atoms with E-state index in [1.807, 2.05) is 4.90 Å². The van der Waals surface area contributed by atoms with Crippen molar-refractivity contribution in [3.8, 4) is 0 Å². The summed E-state index contributed by atoms with van der Waals surface area (Å²) in [5.41, 5.74) is 5.59. The van der Waals surface area contributed by atoms with E-state index in [4.69, 9.17) is 5.73 Å². The minimum atomic E-state index is -0.413. The third kappa shape index (κ3) is 7.59. The largest absolute Gasteiger partial charge is 0.346 e. The van der Waals surface area contributed by atoms with Crippen molar-refractivity contribution in [1.29, 1.82) is 0 Å². The molecule has 0 spiro atoms. The van der Waals surface area contributed by atoms with Gasteiger partial charge in [-0.1, -0.05) is 6.07 Å². The summed E-state index contributed by atoms with van der Waals surface area (Å²) in [5.74, 6) is -1.20. The number of piperazine rings is 1. The molecule has 0 saturated carbocycles. The van der Waals surface area contributed by atoms with Crippen LogP contribution in [-0.2, 0) is 14.4 Å². The lowest BCUT2D eigenvalue weighted by Crippen LogP contribution is -2.55. The summed E-state index contributed by atoms with van der Waals surface area (Å²) in [5, 5.41) is 5.14. The average Bonchev–Trinajstić information content (AvgIpc) is 2.65. The third-order valence-corrected chi connectivity index (χ3v) is 4.31. The number of hydrogen-bond acceptors (Lipinski definition) is 5. The lowest BCUT2D eigenvalue weighted by atomic mass is 10.2. The van der Waals surface area contributed by atoms with E-state index in [9.17, 15) is 18.8 Å². The smallest absolute Gasteiger partial charge is 0.242 e. The minimum absolute atomic E-state index is 0. The molecular weight excluding hydrogens is 412 g/mol. The molecule has 1 aliphatic rings. The van der Waals surface area contributed by atoms with Crippen LogP contribution in [-0.4, -0.2) is 72.8 Å². The van der Waals surface area contributed by atoms with Gasteiger partial charge in [0.05, 0.1) is 19.1 Å². The topological polar surface area (TPSA) is 108 Å². The zero-order valence-electron chi connectivity index (χ0n) is 15.5. The van der Waals surface area contributed by atoms with Crippen LogP contribution >= 0.6 is 24.8 Å². The number of hydrogen-bond donors (Lipinski definition) is 3. The first-order valence-corrected chi connectivity index (χ1v) is 8.45. The van der Waals surface area contributed by atoms with Gasteiger partial charge in [0.25, 0.3) is 0 Å². The maximum Gasteiger partial charge on any atom is 0.242 e. The molecule has 1 aliphatic heterocycles. The van der Waals surface area contributed by atoms with Crippen LogP contribution < -0.4 is 16.4 Å². The Morgan fingerprint density at radius 1 is 1.18 bits per heavy atom. The number of anilines is 1. The molecule has 0 aromatic heterocycles. The van der Waals surface area contributed by atoms with Crippen molar-refractivity contribution in [3.63, 3.8) is 0 Å². The summed E-state index contributed by atoms with van der Waals surface area (Å²) in [6.07, 6.45) is 0. The van der Waals surface area contributed by atoms with E-state index in [2.05, 4.69) is 10.6 Å². The van der Waals surface area contributed by atoms with Crippen LogP contribution in [0.3, 0.4) is 0 Å². The second-order valence-corrected chi connectivity index (χ2v) is 6.07. The summed E-state index contributed by atoms with van der Waals surface area (Å²) in [6, 6.07) is 5.32. The van der Waals surface area contributed by atoms with Crippen LogP contribution in [0.15, 0.2) is 24.3 Å². The highest BCUT2D eigenvalue weighted by Crippen LogP contribution is 2.12. The zero-order valence-corrected chi connectivity index (χ0v) is 17.2. The number of carbonyl (C=O) groups excluding carboxylic acids is 3. The Morgan fingerprint density at radius 2 is 1.82 bits per heavy atom. The van der Waals surface area contributed by atoms with Crippen LogP contribution in [0.25, 0.3) is 0 Å². The highest BCUT2D eigenvalue weighted by atomic mass is 35.5. The Labute approximate surface area is 175 Å². The van der Waals surface area contributed by atoms with Crippen LogP contribution in [0.2, 0.25) is 0 Å². The molecule has 0 bridgehead atoms. The molecule has 4 N–H and O–H groups in total. The summed E-state index contributed by atoms with van der Waals surface area (Å²) < 4.78 is 13.2. The number of halogens is 3. The number of nitrogens with one attached hydrogen (secondary N) is 2. The molecule has 1 unspecified atom stereocenters. The van der Waals surface area contributed by atoms with Crippen molar-refractivity contribution in [2.75, 3.05) is 44.6 Å². The highest BCUT2D eigenvalue weighted by Gasteiger charge is 2.27. The molecule has 0 radical (unpaired) electrons. The maximum atomic E-state index is 13.2. The Kier molecular flexibility index (Phi) is 11.6. The quantitative estimate of drug-likeness (QED) is 0.589. The van der Waals surface area contributed by atoms with Crippen LogP contribution in [0.1, 0.15) is 6.92 Å². The number of rotatable bonds is 6. The predicted octanol–water partition coefficient (Wildman–Crippen LogP) is 0.215. The predicted molar refractivity (Wildman–Crippen MR) is 109 cm³/mol. The number of nitrogens with two attached hydrogens (primary N) is 1. The maximum absolute atomic E-state index is 13.2. The second-order valence-electron chi connectivity index (χ2n) is 6.07. The van der Waals surface area contributed by atoms with Crippen molar-refractivity contribution < 1.29 is 18.8 Å². The number of nitrogens with zero attached hydrogens (tertiary/aromatic N) is 2.